The van der Waals surface area contributed by atoms with Gasteiger partial charge in [-0.3, -0.25) is 4.57 Å². The van der Waals surface area contributed by atoms with E-state index < -0.39 is 5.79 Å². The Morgan fingerprint density at radius 2 is 2.10 bits per heavy atom. The molecular weight excluding hydrogens is 256 g/mol. The highest BCUT2D eigenvalue weighted by Crippen LogP contribution is 2.19. The summed E-state index contributed by atoms with van der Waals surface area (Å²) in [4.78, 5) is 8.40. The molecule has 0 aromatic carbocycles. The van der Waals surface area contributed by atoms with Crippen LogP contribution in [0.25, 0.3) is 5.82 Å². The van der Waals surface area contributed by atoms with E-state index in [1.807, 2.05) is 36.7 Å². The molecule has 0 unspecified atom stereocenters. The number of aromatic nitrogens is 3. The summed E-state index contributed by atoms with van der Waals surface area (Å²) in [5.74, 6) is 0.354. The van der Waals surface area contributed by atoms with Gasteiger partial charge in [-0.15, -0.1) is 0 Å². The number of nitrogens with one attached hydrogen (secondary N) is 1. The Hall–Kier alpha value is -1.92. The summed E-state index contributed by atoms with van der Waals surface area (Å²) in [7, 11) is 0. The molecule has 1 aliphatic rings. The maximum absolute atomic E-state index is 5.62. The minimum Gasteiger partial charge on any atom is -0.376 e. The number of pyridine rings is 1. The van der Waals surface area contributed by atoms with Crippen molar-refractivity contribution >= 4 is 5.69 Å². The summed E-state index contributed by atoms with van der Waals surface area (Å²) in [6.07, 6.45) is 7.11. The van der Waals surface area contributed by atoms with E-state index in [1.165, 1.54) is 0 Å². The molecule has 0 radical (unpaired) electrons. The van der Waals surface area contributed by atoms with Crippen LogP contribution in [0.15, 0.2) is 37.1 Å². The third-order valence-corrected chi connectivity index (χ3v) is 3.15. The molecule has 6 nitrogen and oxygen atoms in total. The second-order valence-electron chi connectivity index (χ2n) is 5.24. The van der Waals surface area contributed by atoms with Crippen molar-refractivity contribution < 1.29 is 9.47 Å². The van der Waals surface area contributed by atoms with Gasteiger partial charge < -0.3 is 14.8 Å². The summed E-state index contributed by atoms with van der Waals surface area (Å²) in [5, 5.41) is 3.35. The van der Waals surface area contributed by atoms with Crippen LogP contribution in [-0.2, 0) is 9.47 Å². The SMILES string of the molecule is CC1(C)OCC(Nc2ccc(-n3ccnc3)nc2)CO1. The molecule has 0 spiro atoms. The molecule has 0 saturated carbocycles. The van der Waals surface area contributed by atoms with Crippen LogP contribution in [0.3, 0.4) is 0 Å². The van der Waals surface area contributed by atoms with Crippen molar-refractivity contribution in [1.82, 2.24) is 14.5 Å². The molecule has 106 valence electrons. The standard InChI is InChI=1S/C14H18N4O2/c1-14(2)19-8-12(9-20-14)17-11-3-4-13(16-7-11)18-6-5-15-10-18/h3-7,10,12,17H,8-9H2,1-2H3. The quantitative estimate of drug-likeness (QED) is 0.925. The first-order chi connectivity index (χ1) is 9.62. The highest BCUT2D eigenvalue weighted by atomic mass is 16.7. The lowest BCUT2D eigenvalue weighted by Gasteiger charge is -2.35. The molecule has 6 heteroatoms. The first kappa shape index (κ1) is 13.1. The van der Waals surface area contributed by atoms with Crippen LogP contribution in [0.5, 0.6) is 0 Å². The predicted molar refractivity (Wildman–Crippen MR) is 74.8 cm³/mol. The fraction of sp³-hybridized carbons (Fsp3) is 0.429. The number of rotatable bonds is 3. The van der Waals surface area contributed by atoms with Gasteiger partial charge in [0.25, 0.3) is 0 Å². The molecule has 0 aliphatic carbocycles. The summed E-state index contributed by atoms with van der Waals surface area (Å²) < 4.78 is 13.1. The van der Waals surface area contributed by atoms with Crippen molar-refractivity contribution in [2.24, 2.45) is 0 Å². The minimum atomic E-state index is -0.484. The summed E-state index contributed by atoms with van der Waals surface area (Å²) in [6.45, 7) is 5.09. The van der Waals surface area contributed by atoms with Crippen molar-refractivity contribution in [3.8, 4) is 5.82 Å². The van der Waals surface area contributed by atoms with E-state index in [-0.39, 0.29) is 6.04 Å². The predicted octanol–water partition coefficient (Wildman–Crippen LogP) is 1.83. The first-order valence-electron chi connectivity index (χ1n) is 6.61. The molecule has 2 aromatic heterocycles. The number of hydrogen-bond acceptors (Lipinski definition) is 5. The van der Waals surface area contributed by atoms with E-state index in [1.54, 1.807) is 18.7 Å². The maximum atomic E-state index is 5.62. The minimum absolute atomic E-state index is 0.143. The Morgan fingerprint density at radius 3 is 2.70 bits per heavy atom. The van der Waals surface area contributed by atoms with Crippen molar-refractivity contribution in [3.05, 3.63) is 37.1 Å². The van der Waals surface area contributed by atoms with E-state index >= 15 is 0 Å². The zero-order chi connectivity index (χ0) is 14.0. The molecule has 1 aliphatic heterocycles. The largest absolute Gasteiger partial charge is 0.376 e. The zero-order valence-corrected chi connectivity index (χ0v) is 11.6. The van der Waals surface area contributed by atoms with E-state index in [2.05, 4.69) is 15.3 Å². The Labute approximate surface area is 117 Å². The normalized spacial score (nSPS) is 18.9. The van der Waals surface area contributed by atoms with Gasteiger partial charge >= 0.3 is 0 Å². The number of imidazole rings is 1. The lowest BCUT2D eigenvalue weighted by atomic mass is 10.2. The number of hydrogen-bond donors (Lipinski definition) is 1. The van der Waals surface area contributed by atoms with E-state index in [9.17, 15) is 0 Å². The average Bonchev–Trinajstić information content (AvgIpc) is 2.96. The average molecular weight is 274 g/mol. The highest BCUT2D eigenvalue weighted by Gasteiger charge is 2.28. The number of nitrogens with zero attached hydrogens (tertiary/aromatic N) is 3. The number of ether oxygens (including phenoxy) is 2. The van der Waals surface area contributed by atoms with E-state index in [4.69, 9.17) is 9.47 Å². The molecule has 2 aromatic rings. The lowest BCUT2D eigenvalue weighted by Crippen LogP contribution is -2.45. The van der Waals surface area contributed by atoms with Gasteiger partial charge in [0.15, 0.2) is 5.79 Å². The third kappa shape index (κ3) is 2.97. The van der Waals surface area contributed by atoms with Crippen molar-refractivity contribution in [2.75, 3.05) is 18.5 Å². The third-order valence-electron chi connectivity index (χ3n) is 3.15. The Kier molecular flexibility index (Phi) is 3.42. The smallest absolute Gasteiger partial charge is 0.162 e. The molecule has 20 heavy (non-hydrogen) atoms. The second-order valence-corrected chi connectivity index (χ2v) is 5.24. The summed E-state index contributed by atoms with van der Waals surface area (Å²) in [5.41, 5.74) is 0.950. The molecular formula is C14H18N4O2. The van der Waals surface area contributed by atoms with Crippen LogP contribution in [0.2, 0.25) is 0 Å². The van der Waals surface area contributed by atoms with Crippen LogP contribution in [-0.4, -0.2) is 39.6 Å². The fourth-order valence-electron chi connectivity index (χ4n) is 2.03. The van der Waals surface area contributed by atoms with Crippen LogP contribution in [0, 0.1) is 0 Å². The van der Waals surface area contributed by atoms with Gasteiger partial charge in [-0.25, -0.2) is 9.97 Å². The topological polar surface area (TPSA) is 61.2 Å². The molecule has 0 amide bonds. The Balaban J connectivity index is 1.61. The van der Waals surface area contributed by atoms with Gasteiger partial charge in [-0.2, -0.15) is 0 Å². The van der Waals surface area contributed by atoms with Gasteiger partial charge in [0.05, 0.1) is 31.1 Å². The van der Waals surface area contributed by atoms with Gasteiger partial charge in [0, 0.05) is 12.4 Å². The van der Waals surface area contributed by atoms with Crippen LogP contribution in [0.4, 0.5) is 5.69 Å². The van der Waals surface area contributed by atoms with Gasteiger partial charge in [0.1, 0.15) is 12.1 Å². The van der Waals surface area contributed by atoms with Crippen LogP contribution in [0.1, 0.15) is 13.8 Å². The van der Waals surface area contributed by atoms with Gasteiger partial charge in [0.2, 0.25) is 0 Å². The molecule has 1 saturated heterocycles. The van der Waals surface area contributed by atoms with Crippen molar-refractivity contribution in [3.63, 3.8) is 0 Å². The lowest BCUT2D eigenvalue weighted by molar-refractivity contribution is -0.247. The molecule has 1 N–H and O–H groups in total. The second kappa shape index (κ2) is 5.22. The van der Waals surface area contributed by atoms with E-state index in [0.29, 0.717) is 13.2 Å². The van der Waals surface area contributed by atoms with Crippen LogP contribution >= 0.6 is 0 Å². The summed E-state index contributed by atoms with van der Waals surface area (Å²) in [6, 6.07) is 4.07. The Morgan fingerprint density at radius 1 is 1.30 bits per heavy atom. The summed E-state index contributed by atoms with van der Waals surface area (Å²) >= 11 is 0. The highest BCUT2D eigenvalue weighted by molar-refractivity contribution is 5.44. The first-order valence-corrected chi connectivity index (χ1v) is 6.61. The monoisotopic (exact) mass is 274 g/mol. The molecule has 1 fully saturated rings. The van der Waals surface area contributed by atoms with Gasteiger partial charge in [-0.1, -0.05) is 0 Å². The Bertz CT molecular complexity index is 541. The van der Waals surface area contributed by atoms with Crippen molar-refractivity contribution in [1.29, 1.82) is 0 Å². The molecule has 0 atom stereocenters. The van der Waals surface area contributed by atoms with Crippen LogP contribution < -0.4 is 5.32 Å². The number of anilines is 1. The van der Waals surface area contributed by atoms with Gasteiger partial charge in [-0.05, 0) is 26.0 Å². The molecule has 3 rings (SSSR count). The molecule has 0 bridgehead atoms. The van der Waals surface area contributed by atoms with E-state index in [0.717, 1.165) is 11.5 Å². The molecule has 3 heterocycles. The maximum Gasteiger partial charge on any atom is 0.162 e. The van der Waals surface area contributed by atoms with Crippen molar-refractivity contribution in [2.45, 2.75) is 25.7 Å². The fourth-order valence-corrected chi connectivity index (χ4v) is 2.03. The zero-order valence-electron chi connectivity index (χ0n) is 11.6.